The number of hydrogen-bond acceptors (Lipinski definition) is 2. The van der Waals surface area contributed by atoms with Crippen molar-refractivity contribution in [3.63, 3.8) is 0 Å². The predicted molar refractivity (Wildman–Crippen MR) is 93.6 cm³/mol. The van der Waals surface area contributed by atoms with E-state index in [1.807, 2.05) is 6.92 Å². The monoisotopic (exact) mass is 304 g/mol. The summed E-state index contributed by atoms with van der Waals surface area (Å²) in [5.41, 5.74) is 1.32. The lowest BCUT2D eigenvalue weighted by atomic mass is 9.91. The van der Waals surface area contributed by atoms with Gasteiger partial charge in [-0.1, -0.05) is 52.2 Å². The Kier molecular flexibility index (Phi) is 9.61. The first kappa shape index (κ1) is 18.7. The molecule has 1 aromatic rings. The summed E-state index contributed by atoms with van der Waals surface area (Å²) in [6.07, 6.45) is 8.31. The molecule has 2 heteroatoms. The Bertz CT molecular complexity index is 408. The standard InChI is InChI=1S/C20H32O2/c1-4-7-8-9-16-22-20-14-11-18(12-15-20)17(5-2)10-13-19(21)6-3/h11-12,14-15,17H,4-10,13,16H2,1-3H3. The highest BCUT2D eigenvalue weighted by atomic mass is 16.5. The molecule has 0 aromatic heterocycles. The van der Waals surface area contributed by atoms with Crippen molar-refractivity contribution in [2.75, 3.05) is 6.61 Å². The zero-order valence-electron chi connectivity index (χ0n) is 14.6. The van der Waals surface area contributed by atoms with E-state index in [2.05, 4.69) is 38.1 Å². The topological polar surface area (TPSA) is 26.3 Å². The van der Waals surface area contributed by atoms with Gasteiger partial charge in [-0.3, -0.25) is 4.79 Å². The average molecular weight is 304 g/mol. The zero-order valence-corrected chi connectivity index (χ0v) is 14.6. The fraction of sp³-hybridized carbons (Fsp3) is 0.650. The molecule has 2 nitrogen and oxygen atoms in total. The third-order valence-electron chi connectivity index (χ3n) is 4.28. The molecule has 0 saturated heterocycles. The first-order chi connectivity index (χ1) is 10.7. The van der Waals surface area contributed by atoms with Crippen LogP contribution in [0.5, 0.6) is 5.75 Å². The van der Waals surface area contributed by atoms with Crippen molar-refractivity contribution in [2.24, 2.45) is 0 Å². The van der Waals surface area contributed by atoms with Crippen LogP contribution in [0.25, 0.3) is 0 Å². The van der Waals surface area contributed by atoms with E-state index in [0.717, 1.165) is 31.6 Å². The first-order valence-corrected chi connectivity index (χ1v) is 8.95. The molecular weight excluding hydrogens is 272 g/mol. The van der Waals surface area contributed by atoms with Crippen LogP contribution in [0.1, 0.15) is 83.6 Å². The Labute approximate surface area is 136 Å². The molecule has 0 aliphatic rings. The van der Waals surface area contributed by atoms with Crippen molar-refractivity contribution in [3.8, 4) is 5.75 Å². The number of Topliss-reactive ketones (excluding diaryl/α,β-unsaturated/α-hetero) is 1. The Morgan fingerprint density at radius 3 is 2.36 bits per heavy atom. The second-order valence-corrected chi connectivity index (χ2v) is 6.01. The fourth-order valence-corrected chi connectivity index (χ4v) is 2.67. The molecule has 0 saturated carbocycles. The van der Waals surface area contributed by atoms with Gasteiger partial charge in [0, 0.05) is 12.8 Å². The molecule has 124 valence electrons. The molecule has 0 heterocycles. The Hall–Kier alpha value is -1.31. The lowest BCUT2D eigenvalue weighted by Gasteiger charge is -2.15. The molecule has 0 N–H and O–H groups in total. The van der Waals surface area contributed by atoms with Crippen molar-refractivity contribution in [1.29, 1.82) is 0 Å². The third-order valence-corrected chi connectivity index (χ3v) is 4.28. The number of carbonyl (C=O) groups is 1. The van der Waals surface area contributed by atoms with Crippen molar-refractivity contribution < 1.29 is 9.53 Å². The maximum atomic E-state index is 11.5. The van der Waals surface area contributed by atoms with Crippen molar-refractivity contribution in [1.82, 2.24) is 0 Å². The molecule has 0 aliphatic heterocycles. The summed E-state index contributed by atoms with van der Waals surface area (Å²) in [7, 11) is 0. The minimum atomic E-state index is 0.366. The van der Waals surface area contributed by atoms with E-state index >= 15 is 0 Å². The Balaban J connectivity index is 2.42. The second kappa shape index (κ2) is 11.3. The van der Waals surface area contributed by atoms with Gasteiger partial charge >= 0.3 is 0 Å². The van der Waals surface area contributed by atoms with Gasteiger partial charge in [0.25, 0.3) is 0 Å². The van der Waals surface area contributed by atoms with Gasteiger partial charge in [-0.15, -0.1) is 0 Å². The van der Waals surface area contributed by atoms with E-state index in [1.165, 1.54) is 24.8 Å². The molecule has 0 radical (unpaired) electrons. The molecule has 0 aliphatic carbocycles. The van der Waals surface area contributed by atoms with Gasteiger partial charge < -0.3 is 4.74 Å². The molecule has 1 unspecified atom stereocenters. The number of hydrogen-bond donors (Lipinski definition) is 0. The quantitative estimate of drug-likeness (QED) is 0.449. The minimum absolute atomic E-state index is 0.366. The summed E-state index contributed by atoms with van der Waals surface area (Å²) in [6, 6.07) is 8.46. The van der Waals surface area contributed by atoms with Crippen molar-refractivity contribution in [2.45, 2.75) is 78.1 Å². The number of unbranched alkanes of at least 4 members (excludes halogenated alkanes) is 3. The number of carbonyl (C=O) groups excluding carboxylic acids is 1. The SMILES string of the molecule is CCCCCCOc1ccc(C(CC)CCC(=O)CC)cc1. The van der Waals surface area contributed by atoms with Gasteiger partial charge in [-0.25, -0.2) is 0 Å². The highest BCUT2D eigenvalue weighted by Gasteiger charge is 2.11. The minimum Gasteiger partial charge on any atom is -0.494 e. The van der Waals surface area contributed by atoms with Gasteiger partial charge in [-0.05, 0) is 42.9 Å². The highest BCUT2D eigenvalue weighted by Crippen LogP contribution is 2.26. The maximum Gasteiger partial charge on any atom is 0.132 e. The largest absolute Gasteiger partial charge is 0.494 e. The number of ether oxygens (including phenoxy) is 1. The van der Waals surface area contributed by atoms with E-state index in [0.29, 0.717) is 24.5 Å². The van der Waals surface area contributed by atoms with Crippen LogP contribution in [0.4, 0.5) is 0 Å². The van der Waals surface area contributed by atoms with Crippen LogP contribution < -0.4 is 4.74 Å². The molecule has 0 bridgehead atoms. The molecule has 0 spiro atoms. The average Bonchev–Trinajstić information content (AvgIpc) is 2.56. The van der Waals surface area contributed by atoms with Crippen molar-refractivity contribution in [3.05, 3.63) is 29.8 Å². The predicted octanol–water partition coefficient (Wildman–Crippen LogP) is 5.90. The van der Waals surface area contributed by atoms with Gasteiger partial charge in [0.05, 0.1) is 6.61 Å². The third kappa shape index (κ3) is 7.11. The van der Waals surface area contributed by atoms with Gasteiger partial charge in [0.1, 0.15) is 11.5 Å². The van der Waals surface area contributed by atoms with Gasteiger partial charge in [-0.2, -0.15) is 0 Å². The summed E-state index contributed by atoms with van der Waals surface area (Å²) in [5, 5.41) is 0. The van der Waals surface area contributed by atoms with Crippen LogP contribution in [0, 0.1) is 0 Å². The second-order valence-electron chi connectivity index (χ2n) is 6.01. The molecule has 22 heavy (non-hydrogen) atoms. The van der Waals surface area contributed by atoms with E-state index in [-0.39, 0.29) is 0 Å². The van der Waals surface area contributed by atoms with Crippen LogP contribution in [-0.2, 0) is 4.79 Å². The lowest BCUT2D eigenvalue weighted by molar-refractivity contribution is -0.118. The molecule has 0 fully saturated rings. The molecule has 1 atom stereocenters. The molecular formula is C20H32O2. The van der Waals surface area contributed by atoms with E-state index < -0.39 is 0 Å². The summed E-state index contributed by atoms with van der Waals surface area (Å²) >= 11 is 0. The molecule has 1 aromatic carbocycles. The molecule has 0 amide bonds. The first-order valence-electron chi connectivity index (χ1n) is 8.95. The van der Waals surface area contributed by atoms with E-state index in [4.69, 9.17) is 4.74 Å². The summed E-state index contributed by atoms with van der Waals surface area (Å²) in [4.78, 5) is 11.5. The smallest absolute Gasteiger partial charge is 0.132 e. The van der Waals surface area contributed by atoms with Crippen LogP contribution in [0.15, 0.2) is 24.3 Å². The highest BCUT2D eigenvalue weighted by molar-refractivity contribution is 5.78. The number of rotatable bonds is 12. The fourth-order valence-electron chi connectivity index (χ4n) is 2.67. The Morgan fingerprint density at radius 1 is 1.05 bits per heavy atom. The Morgan fingerprint density at radius 2 is 1.77 bits per heavy atom. The maximum absolute atomic E-state index is 11.5. The van der Waals surface area contributed by atoms with Crippen LogP contribution in [0.3, 0.4) is 0 Å². The summed E-state index contributed by atoms with van der Waals surface area (Å²) < 4.78 is 5.78. The van der Waals surface area contributed by atoms with Gasteiger partial charge in [0.15, 0.2) is 0 Å². The zero-order chi connectivity index (χ0) is 16.2. The van der Waals surface area contributed by atoms with Crippen molar-refractivity contribution >= 4 is 5.78 Å². The number of benzene rings is 1. The molecule has 1 rings (SSSR count). The van der Waals surface area contributed by atoms with E-state index in [1.54, 1.807) is 0 Å². The van der Waals surface area contributed by atoms with Gasteiger partial charge in [0.2, 0.25) is 0 Å². The van der Waals surface area contributed by atoms with E-state index in [9.17, 15) is 4.79 Å². The normalized spacial score (nSPS) is 12.1. The van der Waals surface area contributed by atoms with Crippen LogP contribution in [-0.4, -0.2) is 12.4 Å². The van der Waals surface area contributed by atoms with Crippen LogP contribution >= 0.6 is 0 Å². The lowest BCUT2D eigenvalue weighted by Crippen LogP contribution is -2.03. The summed E-state index contributed by atoms with van der Waals surface area (Å²) in [5.74, 6) is 1.80. The van der Waals surface area contributed by atoms with Crippen LogP contribution in [0.2, 0.25) is 0 Å². The summed E-state index contributed by atoms with van der Waals surface area (Å²) in [6.45, 7) is 7.16. The number of ketones is 1.